The van der Waals surface area contributed by atoms with Crippen molar-refractivity contribution in [1.29, 1.82) is 0 Å². The molecule has 0 amide bonds. The van der Waals surface area contributed by atoms with Crippen molar-refractivity contribution in [3.8, 4) is 5.75 Å². The van der Waals surface area contributed by atoms with Gasteiger partial charge in [-0.15, -0.1) is 0 Å². The number of aromatic nitrogens is 2. The van der Waals surface area contributed by atoms with E-state index in [-0.39, 0.29) is 0 Å². The molecule has 154 valence electrons. The number of nitroso groups, excluding NO2 is 1. The third kappa shape index (κ3) is 6.77. The van der Waals surface area contributed by atoms with Crippen molar-refractivity contribution in [3.05, 3.63) is 94.4 Å². The zero-order valence-corrected chi connectivity index (χ0v) is 16.8. The van der Waals surface area contributed by atoms with Crippen LogP contribution in [0, 0.1) is 4.91 Å². The smallest absolute Gasteiger partial charge is 0.138 e. The molecule has 1 aromatic carbocycles. The molecule has 0 aliphatic rings. The maximum absolute atomic E-state index is 10.6. The summed E-state index contributed by atoms with van der Waals surface area (Å²) in [6, 6.07) is 18.8. The van der Waals surface area contributed by atoms with Crippen molar-refractivity contribution in [3.63, 3.8) is 0 Å². The minimum absolute atomic E-state index is 0.437. The molecule has 0 bridgehead atoms. The van der Waals surface area contributed by atoms with Gasteiger partial charge in [-0.05, 0) is 49.6 Å². The first-order valence-corrected chi connectivity index (χ1v) is 9.81. The minimum atomic E-state index is -0.437. The van der Waals surface area contributed by atoms with Crippen LogP contribution in [0.3, 0.4) is 0 Å². The van der Waals surface area contributed by atoms with Crippen LogP contribution in [0.5, 0.6) is 5.75 Å². The number of benzene rings is 1. The van der Waals surface area contributed by atoms with Gasteiger partial charge in [0.15, 0.2) is 0 Å². The van der Waals surface area contributed by atoms with Gasteiger partial charge in [0.1, 0.15) is 25.0 Å². The second-order valence-corrected chi connectivity index (χ2v) is 6.70. The Morgan fingerprint density at radius 3 is 2.70 bits per heavy atom. The van der Waals surface area contributed by atoms with Crippen molar-refractivity contribution < 1.29 is 9.57 Å². The van der Waals surface area contributed by atoms with Gasteiger partial charge in [-0.3, -0.25) is 9.97 Å². The van der Waals surface area contributed by atoms with E-state index in [1.54, 1.807) is 25.4 Å². The van der Waals surface area contributed by atoms with Gasteiger partial charge in [0.05, 0.1) is 23.8 Å². The Morgan fingerprint density at radius 2 is 1.93 bits per heavy atom. The molecule has 1 atom stereocenters. The van der Waals surface area contributed by atoms with E-state index in [2.05, 4.69) is 20.3 Å². The maximum atomic E-state index is 10.6. The topological polar surface area (TPSA) is 86.0 Å². The van der Waals surface area contributed by atoms with Crippen LogP contribution in [0.15, 0.2) is 77.2 Å². The van der Waals surface area contributed by atoms with Crippen LogP contribution in [0.2, 0.25) is 0 Å². The standard InChI is InChI=1S/C23H24N4O3/c1-18(27-28)23-11-5-9-20(26-23)10-6-14-30-25-15-21-12-13-22(16-24-21)29-17-19-7-3-2-4-8-19/h2-5,7-9,11-13,15-16,18H,6,10,14,17H2,1H3. The lowest BCUT2D eigenvalue weighted by atomic mass is 10.1. The molecular weight excluding hydrogens is 380 g/mol. The van der Waals surface area contributed by atoms with Crippen LogP contribution in [0.4, 0.5) is 0 Å². The average Bonchev–Trinajstić information content (AvgIpc) is 2.81. The van der Waals surface area contributed by atoms with Gasteiger partial charge in [-0.2, -0.15) is 4.91 Å². The number of rotatable bonds is 11. The van der Waals surface area contributed by atoms with Gasteiger partial charge in [0, 0.05) is 5.69 Å². The lowest BCUT2D eigenvalue weighted by molar-refractivity contribution is 0.143. The molecule has 3 aromatic rings. The molecule has 2 aromatic heterocycles. The van der Waals surface area contributed by atoms with E-state index in [0.29, 0.717) is 30.4 Å². The largest absolute Gasteiger partial charge is 0.487 e. The fourth-order valence-corrected chi connectivity index (χ4v) is 2.68. The lowest BCUT2D eigenvalue weighted by Gasteiger charge is -2.06. The molecule has 0 aliphatic carbocycles. The third-order valence-corrected chi connectivity index (χ3v) is 4.35. The summed E-state index contributed by atoms with van der Waals surface area (Å²) in [5.74, 6) is 0.700. The van der Waals surface area contributed by atoms with Crippen molar-refractivity contribution in [2.45, 2.75) is 32.4 Å². The Morgan fingerprint density at radius 1 is 1.07 bits per heavy atom. The highest BCUT2D eigenvalue weighted by atomic mass is 16.6. The van der Waals surface area contributed by atoms with Gasteiger partial charge in [0.25, 0.3) is 0 Å². The predicted molar refractivity (Wildman–Crippen MR) is 115 cm³/mol. The van der Waals surface area contributed by atoms with E-state index in [4.69, 9.17) is 9.57 Å². The first-order chi connectivity index (χ1) is 14.7. The van der Waals surface area contributed by atoms with Crippen molar-refractivity contribution >= 4 is 6.21 Å². The van der Waals surface area contributed by atoms with Gasteiger partial charge in [-0.1, -0.05) is 46.7 Å². The Hall–Kier alpha value is -3.61. The highest BCUT2D eigenvalue weighted by Crippen LogP contribution is 2.14. The maximum Gasteiger partial charge on any atom is 0.138 e. The molecule has 0 spiro atoms. The Balaban J connectivity index is 1.37. The second kappa shape index (κ2) is 11.4. The summed E-state index contributed by atoms with van der Waals surface area (Å²) in [6.45, 7) is 2.69. The lowest BCUT2D eigenvalue weighted by Crippen LogP contribution is -2.00. The van der Waals surface area contributed by atoms with E-state index in [1.165, 1.54) is 0 Å². The number of pyridine rings is 2. The summed E-state index contributed by atoms with van der Waals surface area (Å²) < 4.78 is 5.71. The fraction of sp³-hybridized carbons (Fsp3) is 0.261. The number of oxime groups is 1. The van der Waals surface area contributed by atoms with Crippen molar-refractivity contribution in [2.24, 2.45) is 10.3 Å². The summed E-state index contributed by atoms with van der Waals surface area (Å²) >= 11 is 0. The predicted octanol–water partition coefficient (Wildman–Crippen LogP) is 4.87. The summed E-state index contributed by atoms with van der Waals surface area (Å²) in [6.07, 6.45) is 4.73. The fourth-order valence-electron chi connectivity index (χ4n) is 2.68. The molecular formula is C23H24N4O3. The van der Waals surface area contributed by atoms with E-state index in [1.807, 2.05) is 54.6 Å². The van der Waals surface area contributed by atoms with E-state index < -0.39 is 6.04 Å². The van der Waals surface area contributed by atoms with Gasteiger partial charge in [-0.25, -0.2) is 0 Å². The molecule has 1 unspecified atom stereocenters. The van der Waals surface area contributed by atoms with E-state index in [9.17, 15) is 4.91 Å². The Bertz CT molecular complexity index is 946. The molecule has 3 rings (SSSR count). The molecule has 0 aliphatic heterocycles. The number of hydrogen-bond donors (Lipinski definition) is 0. The first kappa shape index (κ1) is 21.1. The second-order valence-electron chi connectivity index (χ2n) is 6.70. The van der Waals surface area contributed by atoms with Crippen LogP contribution in [-0.2, 0) is 17.9 Å². The molecule has 7 heteroatoms. The Labute approximate surface area is 175 Å². The van der Waals surface area contributed by atoms with Gasteiger partial charge >= 0.3 is 0 Å². The van der Waals surface area contributed by atoms with Crippen LogP contribution < -0.4 is 4.74 Å². The summed E-state index contributed by atoms with van der Waals surface area (Å²) in [4.78, 5) is 24.7. The quantitative estimate of drug-likeness (QED) is 0.197. The number of hydrogen-bond acceptors (Lipinski definition) is 7. The summed E-state index contributed by atoms with van der Waals surface area (Å²) in [5, 5.41) is 6.96. The Kier molecular flexibility index (Phi) is 8.02. The molecule has 30 heavy (non-hydrogen) atoms. The number of aryl methyl sites for hydroxylation is 1. The average molecular weight is 404 g/mol. The third-order valence-electron chi connectivity index (χ3n) is 4.35. The van der Waals surface area contributed by atoms with Crippen molar-refractivity contribution in [1.82, 2.24) is 9.97 Å². The highest BCUT2D eigenvalue weighted by molar-refractivity contribution is 5.76. The summed E-state index contributed by atoms with van der Waals surface area (Å²) in [5.41, 5.74) is 3.38. The van der Waals surface area contributed by atoms with Crippen LogP contribution in [-0.4, -0.2) is 22.8 Å². The van der Waals surface area contributed by atoms with Crippen LogP contribution in [0.25, 0.3) is 0 Å². The molecule has 7 nitrogen and oxygen atoms in total. The normalized spacial score (nSPS) is 11.9. The van der Waals surface area contributed by atoms with Crippen LogP contribution in [0.1, 0.15) is 42.0 Å². The minimum Gasteiger partial charge on any atom is -0.487 e. The molecule has 0 radical (unpaired) electrons. The summed E-state index contributed by atoms with van der Waals surface area (Å²) in [7, 11) is 0. The number of ether oxygens (including phenoxy) is 1. The zero-order chi connectivity index (χ0) is 21.0. The van der Waals surface area contributed by atoms with E-state index in [0.717, 1.165) is 24.1 Å². The first-order valence-electron chi connectivity index (χ1n) is 9.81. The molecule has 2 heterocycles. The molecule has 0 saturated heterocycles. The van der Waals surface area contributed by atoms with E-state index >= 15 is 0 Å². The zero-order valence-electron chi connectivity index (χ0n) is 16.8. The number of nitrogens with zero attached hydrogens (tertiary/aromatic N) is 4. The van der Waals surface area contributed by atoms with Gasteiger partial charge < -0.3 is 9.57 Å². The molecule has 0 saturated carbocycles. The van der Waals surface area contributed by atoms with Gasteiger partial charge in [0.2, 0.25) is 0 Å². The SMILES string of the molecule is CC(N=O)c1cccc(CCCON=Cc2ccc(OCc3ccccc3)cn2)n1. The molecule has 0 N–H and O–H groups in total. The van der Waals surface area contributed by atoms with Crippen LogP contribution >= 0.6 is 0 Å². The van der Waals surface area contributed by atoms with Crippen molar-refractivity contribution in [2.75, 3.05) is 6.61 Å². The monoisotopic (exact) mass is 404 g/mol. The molecule has 0 fully saturated rings. The highest BCUT2D eigenvalue weighted by Gasteiger charge is 2.07.